The van der Waals surface area contributed by atoms with E-state index in [1.54, 1.807) is 0 Å². The quantitative estimate of drug-likeness (QED) is 0.675. The standard InChI is InChI=1S/C10H21NO2.C2H6.H2S.H2/c1-3-5-6-10(12)11-7-9-13-8-4-2;1-2;;/h3-9H2,1-2H3,(H,11,12);1-2H3;1H2;1H. The lowest BCUT2D eigenvalue weighted by Crippen LogP contribution is -2.26. The fourth-order valence-electron chi connectivity index (χ4n) is 0.935. The molecule has 1 amide bonds. The molecule has 0 aromatic carbocycles. The number of nitrogens with one attached hydrogen (secondary N) is 1. The highest BCUT2D eigenvalue weighted by Gasteiger charge is 1.97. The maximum Gasteiger partial charge on any atom is 0.220 e. The number of unbranched alkanes of at least 4 members (excludes halogenated alkanes) is 1. The van der Waals surface area contributed by atoms with Crippen molar-refractivity contribution < 1.29 is 11.0 Å². The summed E-state index contributed by atoms with van der Waals surface area (Å²) in [6, 6.07) is 0. The Hall–Kier alpha value is -0.220. The Morgan fingerprint density at radius 3 is 2.31 bits per heavy atom. The van der Waals surface area contributed by atoms with Crippen LogP contribution in [0.2, 0.25) is 0 Å². The summed E-state index contributed by atoms with van der Waals surface area (Å²) >= 11 is 0. The smallest absolute Gasteiger partial charge is 0.220 e. The molecule has 0 fully saturated rings. The summed E-state index contributed by atoms with van der Waals surface area (Å²) < 4.78 is 5.22. The average molecular weight is 253 g/mol. The van der Waals surface area contributed by atoms with Crippen LogP contribution in [-0.4, -0.2) is 25.7 Å². The van der Waals surface area contributed by atoms with Crippen molar-refractivity contribution in [3.05, 3.63) is 0 Å². The van der Waals surface area contributed by atoms with Crippen molar-refractivity contribution in [2.75, 3.05) is 19.8 Å². The molecule has 0 saturated heterocycles. The first-order valence-electron chi connectivity index (χ1n) is 6.15. The summed E-state index contributed by atoms with van der Waals surface area (Å²) in [5, 5.41) is 2.81. The first-order chi connectivity index (χ1) is 7.31. The zero-order chi connectivity index (χ0) is 11.9. The van der Waals surface area contributed by atoms with Crippen LogP contribution in [0, 0.1) is 0 Å². The Balaban J connectivity index is -0.000000199. The van der Waals surface area contributed by atoms with E-state index >= 15 is 0 Å². The van der Waals surface area contributed by atoms with Gasteiger partial charge in [-0.05, 0) is 12.8 Å². The monoisotopic (exact) mass is 253 g/mol. The minimum atomic E-state index is 0. The van der Waals surface area contributed by atoms with Crippen molar-refractivity contribution in [1.82, 2.24) is 5.32 Å². The third-order valence-corrected chi connectivity index (χ3v) is 1.67. The molecule has 0 rings (SSSR count). The van der Waals surface area contributed by atoms with Gasteiger partial charge in [0.2, 0.25) is 5.91 Å². The number of carbonyl (C=O) groups excluding carboxylic acids is 1. The molecule has 0 aliphatic carbocycles. The van der Waals surface area contributed by atoms with Gasteiger partial charge in [0.15, 0.2) is 0 Å². The summed E-state index contributed by atoms with van der Waals surface area (Å²) in [5.74, 6) is 0.141. The second kappa shape index (κ2) is 20.2. The molecule has 0 saturated carbocycles. The largest absolute Gasteiger partial charge is 0.380 e. The summed E-state index contributed by atoms with van der Waals surface area (Å²) in [7, 11) is 0. The topological polar surface area (TPSA) is 38.3 Å². The Morgan fingerprint density at radius 2 is 1.81 bits per heavy atom. The number of rotatable bonds is 8. The highest BCUT2D eigenvalue weighted by atomic mass is 32.1. The van der Waals surface area contributed by atoms with E-state index in [1.165, 1.54) is 0 Å². The van der Waals surface area contributed by atoms with Crippen LogP contribution in [0.3, 0.4) is 0 Å². The third-order valence-electron chi connectivity index (χ3n) is 1.67. The number of carbonyl (C=O) groups is 1. The first-order valence-corrected chi connectivity index (χ1v) is 6.15. The zero-order valence-electron chi connectivity index (χ0n) is 11.3. The van der Waals surface area contributed by atoms with E-state index in [-0.39, 0.29) is 20.8 Å². The molecule has 0 aromatic rings. The van der Waals surface area contributed by atoms with Gasteiger partial charge in [-0.3, -0.25) is 4.79 Å². The predicted molar refractivity (Wildman–Crippen MR) is 77.5 cm³/mol. The van der Waals surface area contributed by atoms with Gasteiger partial charge in [-0.25, -0.2) is 0 Å². The molecule has 3 nitrogen and oxygen atoms in total. The highest BCUT2D eigenvalue weighted by Crippen LogP contribution is 1.92. The molecule has 0 radical (unpaired) electrons. The normalized spacial score (nSPS) is 8.50. The van der Waals surface area contributed by atoms with Crippen molar-refractivity contribution in [2.45, 2.75) is 53.4 Å². The van der Waals surface area contributed by atoms with Crippen LogP contribution in [0.1, 0.15) is 54.8 Å². The predicted octanol–water partition coefficient (Wildman–Crippen LogP) is 3.10. The Morgan fingerprint density at radius 1 is 1.19 bits per heavy atom. The lowest BCUT2D eigenvalue weighted by Gasteiger charge is -2.04. The SMILES string of the molecule is CC.CCCCC(=O)NCCOCCC.S.[HH]. The van der Waals surface area contributed by atoms with Crippen LogP contribution >= 0.6 is 13.5 Å². The molecular formula is C12H31NO2S. The minimum Gasteiger partial charge on any atom is -0.380 e. The van der Waals surface area contributed by atoms with Crippen molar-refractivity contribution in [3.63, 3.8) is 0 Å². The Kier molecular flexibility index (Phi) is 26.7. The second-order valence-electron chi connectivity index (χ2n) is 3.07. The molecule has 16 heavy (non-hydrogen) atoms. The van der Waals surface area contributed by atoms with E-state index in [1.807, 2.05) is 13.8 Å². The van der Waals surface area contributed by atoms with Crippen LogP contribution in [-0.2, 0) is 9.53 Å². The highest BCUT2D eigenvalue weighted by molar-refractivity contribution is 7.59. The summed E-state index contributed by atoms with van der Waals surface area (Å²) in [6.45, 7) is 10.2. The van der Waals surface area contributed by atoms with Crippen molar-refractivity contribution >= 4 is 19.4 Å². The van der Waals surface area contributed by atoms with Gasteiger partial charge in [-0.1, -0.05) is 34.1 Å². The summed E-state index contributed by atoms with van der Waals surface area (Å²) in [5.41, 5.74) is 0. The molecule has 0 bridgehead atoms. The molecular weight excluding hydrogens is 222 g/mol. The van der Waals surface area contributed by atoms with Gasteiger partial charge in [0.25, 0.3) is 0 Å². The molecule has 0 unspecified atom stereocenters. The second-order valence-corrected chi connectivity index (χ2v) is 3.07. The van der Waals surface area contributed by atoms with Crippen molar-refractivity contribution in [2.24, 2.45) is 0 Å². The van der Waals surface area contributed by atoms with Crippen LogP contribution in [0.15, 0.2) is 0 Å². The Labute approximate surface area is 109 Å². The zero-order valence-corrected chi connectivity index (χ0v) is 12.3. The molecule has 0 aliphatic rings. The lowest BCUT2D eigenvalue weighted by molar-refractivity contribution is -0.121. The van der Waals surface area contributed by atoms with E-state index in [9.17, 15) is 4.79 Å². The van der Waals surface area contributed by atoms with E-state index in [0.717, 1.165) is 25.9 Å². The molecule has 4 heteroatoms. The van der Waals surface area contributed by atoms with E-state index in [2.05, 4.69) is 19.2 Å². The Bertz CT molecular complexity index is 138. The van der Waals surface area contributed by atoms with Crippen LogP contribution in [0.4, 0.5) is 0 Å². The van der Waals surface area contributed by atoms with Gasteiger partial charge in [-0.2, -0.15) is 13.5 Å². The number of hydrogen-bond acceptors (Lipinski definition) is 2. The van der Waals surface area contributed by atoms with Gasteiger partial charge >= 0.3 is 0 Å². The molecule has 102 valence electrons. The van der Waals surface area contributed by atoms with Gasteiger partial charge in [0, 0.05) is 21.0 Å². The molecule has 0 atom stereocenters. The number of hydrogen-bond donors (Lipinski definition) is 1. The van der Waals surface area contributed by atoms with Crippen LogP contribution in [0.25, 0.3) is 0 Å². The minimum absolute atomic E-state index is 0. The number of amides is 1. The van der Waals surface area contributed by atoms with Gasteiger partial charge < -0.3 is 10.1 Å². The molecule has 1 N–H and O–H groups in total. The van der Waals surface area contributed by atoms with E-state index < -0.39 is 0 Å². The molecule has 0 heterocycles. The van der Waals surface area contributed by atoms with Gasteiger partial charge in [0.1, 0.15) is 0 Å². The third kappa shape index (κ3) is 19.4. The maximum absolute atomic E-state index is 11.1. The fraction of sp³-hybridized carbons (Fsp3) is 0.917. The first kappa shape index (κ1) is 21.1. The summed E-state index contributed by atoms with van der Waals surface area (Å²) in [4.78, 5) is 11.1. The van der Waals surface area contributed by atoms with E-state index in [4.69, 9.17) is 4.74 Å². The average Bonchev–Trinajstić information content (AvgIpc) is 2.29. The summed E-state index contributed by atoms with van der Waals surface area (Å²) in [6.07, 6.45) is 3.72. The van der Waals surface area contributed by atoms with Crippen LogP contribution in [0.5, 0.6) is 0 Å². The molecule has 0 aromatic heterocycles. The number of ether oxygens (including phenoxy) is 1. The van der Waals surface area contributed by atoms with Gasteiger partial charge in [0.05, 0.1) is 6.61 Å². The lowest BCUT2D eigenvalue weighted by atomic mass is 10.2. The molecule has 0 aliphatic heterocycles. The van der Waals surface area contributed by atoms with Gasteiger partial charge in [-0.15, -0.1) is 0 Å². The fourth-order valence-corrected chi connectivity index (χ4v) is 0.935. The van der Waals surface area contributed by atoms with E-state index in [0.29, 0.717) is 19.6 Å². The maximum atomic E-state index is 11.1. The van der Waals surface area contributed by atoms with Crippen molar-refractivity contribution in [1.29, 1.82) is 0 Å². The molecule has 0 spiro atoms. The van der Waals surface area contributed by atoms with Crippen molar-refractivity contribution in [3.8, 4) is 0 Å². The van der Waals surface area contributed by atoms with Crippen LogP contribution < -0.4 is 5.32 Å².